The summed E-state index contributed by atoms with van der Waals surface area (Å²) in [6.45, 7) is 0.114. The zero-order chi connectivity index (χ0) is 25.2. The summed E-state index contributed by atoms with van der Waals surface area (Å²) in [5.41, 5.74) is 11.4. The van der Waals surface area contributed by atoms with E-state index in [1.54, 1.807) is 0 Å². The topological polar surface area (TPSA) is 190 Å². The molecule has 3 rings (SSSR count). The number of thiol groups is 1. The van der Waals surface area contributed by atoms with Crippen molar-refractivity contribution in [1.82, 2.24) is 20.1 Å². The van der Waals surface area contributed by atoms with Crippen LogP contribution in [0.5, 0.6) is 0 Å². The Balaban J connectivity index is 1.74. The number of nitrogens with one attached hydrogen (secondary N) is 1. The van der Waals surface area contributed by atoms with E-state index in [1.165, 1.54) is 36.2 Å². The minimum atomic E-state index is -1.09. The number of thiazole rings is 1. The van der Waals surface area contributed by atoms with Crippen molar-refractivity contribution in [2.24, 2.45) is 10.9 Å². The molecule has 0 aliphatic carbocycles. The van der Waals surface area contributed by atoms with Crippen LogP contribution in [0.3, 0.4) is 0 Å². The number of fused-ring (bicyclic) bond motifs is 1. The van der Waals surface area contributed by atoms with Gasteiger partial charge in [-0.25, -0.2) is 4.98 Å². The number of carbonyl (C=O) groups excluding carboxylic acids is 5. The molecule has 0 bridgehead atoms. The largest absolute Gasteiger partial charge is 0.398 e. The molecular weight excluding hydrogens is 506 g/mol. The molecule has 2 atom stereocenters. The van der Waals surface area contributed by atoms with Gasteiger partial charge in [0.15, 0.2) is 10.8 Å². The van der Waals surface area contributed by atoms with Gasteiger partial charge < -0.3 is 26.5 Å². The molecule has 1 unspecified atom stereocenters. The number of nitrogens with two attached hydrogens (primary N) is 2. The monoisotopic (exact) mass is 527 g/mol. The number of aromatic nitrogens is 1. The third kappa shape index (κ3) is 5.02. The quantitative estimate of drug-likeness (QED) is 0.103. The van der Waals surface area contributed by atoms with Crippen LogP contribution in [0.1, 0.15) is 12.1 Å². The number of thioether (sulfide) groups is 1. The van der Waals surface area contributed by atoms with Gasteiger partial charge in [0, 0.05) is 24.7 Å². The van der Waals surface area contributed by atoms with E-state index in [0.717, 1.165) is 16.2 Å². The molecule has 1 fully saturated rings. The number of rotatable bonds is 8. The highest BCUT2D eigenvalue weighted by Gasteiger charge is 2.53. The van der Waals surface area contributed by atoms with E-state index in [4.69, 9.17) is 16.3 Å². The third-order valence-corrected chi connectivity index (χ3v) is 7.23. The number of carbonyl (C=O) groups is 5. The van der Waals surface area contributed by atoms with Gasteiger partial charge in [0.25, 0.3) is 11.8 Å². The number of primary amides is 1. The maximum atomic E-state index is 12.9. The highest BCUT2D eigenvalue weighted by molar-refractivity contribution is 8.00. The molecule has 182 valence electrons. The van der Waals surface area contributed by atoms with E-state index < -0.39 is 40.2 Å². The minimum Gasteiger partial charge on any atom is -0.398 e. The van der Waals surface area contributed by atoms with Gasteiger partial charge in [0.05, 0.1) is 5.70 Å². The van der Waals surface area contributed by atoms with E-state index >= 15 is 0 Å². The average molecular weight is 528 g/mol. The van der Waals surface area contributed by atoms with Crippen LogP contribution in [-0.2, 0) is 28.8 Å². The molecule has 0 aromatic carbocycles. The van der Waals surface area contributed by atoms with Crippen molar-refractivity contribution in [3.8, 4) is 0 Å². The summed E-state index contributed by atoms with van der Waals surface area (Å²) in [7, 11) is 2.67. The third-order valence-electron chi connectivity index (χ3n) is 5.01. The molecule has 5 N–H and O–H groups in total. The molecule has 2 aliphatic heterocycles. The maximum absolute atomic E-state index is 12.9. The molecule has 34 heavy (non-hydrogen) atoms. The Morgan fingerprint density at radius 3 is 2.68 bits per heavy atom. The summed E-state index contributed by atoms with van der Waals surface area (Å²) < 4.78 is 0. The molecule has 2 aliphatic rings. The van der Waals surface area contributed by atoms with Gasteiger partial charge >= 0.3 is 11.8 Å². The molecule has 13 nitrogen and oxygen atoms in total. The number of nitrogen functional groups attached to an aromatic ring is 1. The Morgan fingerprint density at radius 2 is 2.12 bits per heavy atom. The number of likely N-dealkylation sites (N-methyl/N-ethyl adjacent to an activating group) is 1. The van der Waals surface area contributed by atoms with E-state index in [2.05, 4.69) is 28.1 Å². The lowest BCUT2D eigenvalue weighted by atomic mass is 10.0. The van der Waals surface area contributed by atoms with Crippen molar-refractivity contribution >= 4 is 75.3 Å². The van der Waals surface area contributed by atoms with Gasteiger partial charge in [0.2, 0.25) is 5.12 Å². The number of oxime groups is 1. The van der Waals surface area contributed by atoms with Crippen molar-refractivity contribution in [1.29, 1.82) is 0 Å². The second kappa shape index (κ2) is 10.4. The lowest BCUT2D eigenvalue weighted by molar-refractivity contribution is -0.146. The molecule has 0 spiro atoms. The number of hydrogen-bond donors (Lipinski definition) is 4. The van der Waals surface area contributed by atoms with Crippen LogP contribution in [-0.4, -0.2) is 87.1 Å². The van der Waals surface area contributed by atoms with Crippen LogP contribution in [0.25, 0.3) is 0 Å². The summed E-state index contributed by atoms with van der Waals surface area (Å²) in [5.74, 6) is -2.79. The number of β-lactam (4-membered cyclic amide) rings is 1. The zero-order valence-electron chi connectivity index (χ0n) is 18.0. The van der Waals surface area contributed by atoms with Crippen LogP contribution in [0, 0.1) is 0 Å². The van der Waals surface area contributed by atoms with Gasteiger partial charge in [0.1, 0.15) is 24.2 Å². The van der Waals surface area contributed by atoms with Crippen molar-refractivity contribution in [2.45, 2.75) is 17.8 Å². The molecule has 0 radical (unpaired) electrons. The van der Waals surface area contributed by atoms with Crippen molar-refractivity contribution in [3.63, 3.8) is 0 Å². The standard InChI is InChI=1S/C18H21N7O6S3/c1-24(15(29)12(19)26)4-3-7-5-33-16-10(14(28)25(16)11(7)17(30)32)22-13(27)9(23-31-2)8-6-34-18(20)21-8/h6,10,16H,3-5H2,1-2H3,(H2,19,26)(H2,20,21)(H,22,27)(H,30,32)/b23-9-/t10?,16-/m1/s1. The van der Waals surface area contributed by atoms with Crippen molar-refractivity contribution < 1.29 is 28.8 Å². The Hall–Kier alpha value is -3.11. The molecule has 1 aromatic heterocycles. The van der Waals surface area contributed by atoms with Gasteiger partial charge in [-0.1, -0.05) is 17.8 Å². The SMILES string of the molecule is CO/N=C(\C(=O)NC1C(=O)N2C(C(=O)S)=C(CCN(C)C(=O)C(N)=O)CS[C@H]12)c1csc(N)n1. The van der Waals surface area contributed by atoms with E-state index in [9.17, 15) is 24.0 Å². The van der Waals surface area contributed by atoms with Crippen molar-refractivity contribution in [2.75, 3.05) is 32.2 Å². The fourth-order valence-corrected chi connectivity index (χ4v) is 5.57. The first-order valence-electron chi connectivity index (χ1n) is 9.65. The highest BCUT2D eigenvalue weighted by atomic mass is 32.2. The Bertz CT molecular complexity index is 1120. The molecule has 1 saturated heterocycles. The summed E-state index contributed by atoms with van der Waals surface area (Å²) in [6.07, 6.45) is 0.230. The Kier molecular flexibility index (Phi) is 7.83. The zero-order valence-corrected chi connectivity index (χ0v) is 20.5. The van der Waals surface area contributed by atoms with E-state index in [-0.39, 0.29) is 35.2 Å². The van der Waals surface area contributed by atoms with Crippen LogP contribution in [0.4, 0.5) is 5.13 Å². The molecule has 4 amide bonds. The molecule has 16 heteroatoms. The smallest absolute Gasteiger partial charge is 0.311 e. The molecule has 3 heterocycles. The van der Waals surface area contributed by atoms with Crippen LogP contribution >= 0.6 is 35.7 Å². The predicted octanol–water partition coefficient (Wildman–Crippen LogP) is -1.48. The summed E-state index contributed by atoms with van der Waals surface area (Å²) in [5, 5.41) is 6.90. The average Bonchev–Trinajstić information content (AvgIpc) is 3.23. The summed E-state index contributed by atoms with van der Waals surface area (Å²) in [4.78, 5) is 71.8. The second-order valence-electron chi connectivity index (χ2n) is 7.15. The number of anilines is 1. The van der Waals surface area contributed by atoms with E-state index in [1.807, 2.05) is 0 Å². The highest BCUT2D eigenvalue weighted by Crippen LogP contribution is 2.41. The van der Waals surface area contributed by atoms with Crippen molar-refractivity contribution in [3.05, 3.63) is 22.3 Å². The lowest BCUT2D eigenvalue weighted by Crippen LogP contribution is -2.70. The number of amides is 4. The van der Waals surface area contributed by atoms with Gasteiger partial charge in [-0.15, -0.1) is 23.1 Å². The Labute approximate surface area is 207 Å². The fourth-order valence-electron chi connectivity index (χ4n) is 3.37. The first-order chi connectivity index (χ1) is 16.1. The minimum absolute atomic E-state index is 0.0977. The van der Waals surface area contributed by atoms with E-state index in [0.29, 0.717) is 11.3 Å². The number of hydrogen-bond acceptors (Lipinski definition) is 11. The Morgan fingerprint density at radius 1 is 1.41 bits per heavy atom. The van der Waals surface area contributed by atoms with Crippen LogP contribution < -0.4 is 16.8 Å². The van der Waals surface area contributed by atoms with Crippen LogP contribution in [0.2, 0.25) is 0 Å². The molecule has 1 aromatic rings. The lowest BCUT2D eigenvalue weighted by Gasteiger charge is -2.50. The second-order valence-corrected chi connectivity index (χ2v) is 9.55. The fraction of sp³-hybridized carbons (Fsp3) is 0.389. The predicted molar refractivity (Wildman–Crippen MR) is 128 cm³/mol. The first kappa shape index (κ1) is 25.5. The first-order valence-corrected chi connectivity index (χ1v) is 12.0. The van der Waals surface area contributed by atoms with Gasteiger partial charge in [-0.05, 0) is 12.0 Å². The van der Waals surface area contributed by atoms with Gasteiger partial charge in [-0.3, -0.25) is 28.9 Å². The normalized spacial score (nSPS) is 19.8. The maximum Gasteiger partial charge on any atom is 0.311 e. The number of nitrogens with zero attached hydrogens (tertiary/aromatic N) is 4. The summed E-state index contributed by atoms with van der Waals surface area (Å²) in [6, 6.07) is -0.918. The molecular formula is C18H21N7O6S3. The van der Waals surface area contributed by atoms with Gasteiger partial charge in [-0.2, -0.15) is 0 Å². The molecule has 0 saturated carbocycles. The van der Waals surface area contributed by atoms with Crippen LogP contribution in [0.15, 0.2) is 21.8 Å². The summed E-state index contributed by atoms with van der Waals surface area (Å²) >= 11 is 6.36.